The highest BCUT2D eigenvalue weighted by molar-refractivity contribution is 7.22. The molecule has 4 rings (SSSR count). The van der Waals surface area contributed by atoms with Gasteiger partial charge in [0.2, 0.25) is 0 Å². The summed E-state index contributed by atoms with van der Waals surface area (Å²) in [5, 5.41) is 1.28. The Morgan fingerprint density at radius 3 is 2.52 bits per heavy atom. The molecule has 2 aromatic heterocycles. The summed E-state index contributed by atoms with van der Waals surface area (Å²) >= 11 is 13.4. The quantitative estimate of drug-likeness (QED) is 0.310. The van der Waals surface area contributed by atoms with Gasteiger partial charge in [0.05, 0.1) is 25.8 Å². The number of halogens is 2. The molecule has 0 unspecified atom stereocenters. The van der Waals surface area contributed by atoms with Crippen molar-refractivity contribution in [3.63, 3.8) is 0 Å². The van der Waals surface area contributed by atoms with Crippen LogP contribution in [-0.4, -0.2) is 36.7 Å². The molecule has 0 atom stereocenters. The first-order valence-electron chi connectivity index (χ1n) is 9.78. The minimum Gasteiger partial charge on any atom is -0.495 e. The van der Waals surface area contributed by atoms with Crippen molar-refractivity contribution in [2.24, 2.45) is 0 Å². The number of hydrogen-bond donors (Lipinski definition) is 0. The molecule has 0 saturated heterocycles. The lowest BCUT2D eigenvalue weighted by molar-refractivity contribution is -0.120. The molecule has 0 N–H and O–H groups in total. The van der Waals surface area contributed by atoms with Crippen molar-refractivity contribution in [3.8, 4) is 17.2 Å². The van der Waals surface area contributed by atoms with Crippen molar-refractivity contribution in [2.75, 3.05) is 25.7 Å². The molecule has 0 radical (unpaired) electrons. The van der Waals surface area contributed by atoms with Gasteiger partial charge in [-0.05, 0) is 42.0 Å². The van der Waals surface area contributed by atoms with Gasteiger partial charge in [0.1, 0.15) is 27.5 Å². The number of thiazole rings is 1. The summed E-state index contributed by atoms with van der Waals surface area (Å²) in [6.45, 7) is 0.0145. The molecular weight excluding hydrogens is 485 g/mol. The molecule has 0 bridgehead atoms. The second-order valence-electron chi connectivity index (χ2n) is 6.85. The number of amides is 1. The first-order valence-corrected chi connectivity index (χ1v) is 11.4. The maximum atomic E-state index is 13.3. The second-order valence-corrected chi connectivity index (χ2v) is 8.67. The summed E-state index contributed by atoms with van der Waals surface area (Å²) < 4.78 is 17.4. The lowest BCUT2D eigenvalue weighted by Crippen LogP contribution is -2.34. The van der Waals surface area contributed by atoms with E-state index in [0.717, 1.165) is 10.3 Å². The first kappa shape index (κ1) is 23.1. The molecule has 4 aromatic rings. The Bertz CT molecular complexity index is 1240. The maximum Gasteiger partial charge on any atom is 0.267 e. The van der Waals surface area contributed by atoms with E-state index < -0.39 is 0 Å². The molecule has 10 heteroatoms. The van der Waals surface area contributed by atoms with Crippen LogP contribution in [0.25, 0.3) is 10.2 Å². The van der Waals surface area contributed by atoms with E-state index >= 15 is 0 Å². The SMILES string of the molecule is COc1ccc(OC)c2sc(N(Cc3cccnc3)C(=O)COc3ccc(Cl)cc3Cl)nc12. The van der Waals surface area contributed by atoms with Crippen molar-refractivity contribution >= 4 is 55.8 Å². The van der Waals surface area contributed by atoms with E-state index in [4.69, 9.17) is 42.4 Å². The number of carbonyl (C=O) groups is 1. The van der Waals surface area contributed by atoms with Crippen molar-refractivity contribution < 1.29 is 19.0 Å². The number of nitrogens with zero attached hydrogens (tertiary/aromatic N) is 3. The average molecular weight is 504 g/mol. The third-order valence-electron chi connectivity index (χ3n) is 4.74. The lowest BCUT2D eigenvalue weighted by atomic mass is 10.2. The highest BCUT2D eigenvalue weighted by Crippen LogP contribution is 2.40. The van der Waals surface area contributed by atoms with Crippen LogP contribution in [0.15, 0.2) is 54.9 Å². The number of aromatic nitrogens is 2. The van der Waals surface area contributed by atoms with E-state index in [1.807, 2.05) is 18.2 Å². The number of hydrogen-bond acceptors (Lipinski definition) is 7. The summed E-state index contributed by atoms with van der Waals surface area (Å²) in [6, 6.07) is 12.1. The summed E-state index contributed by atoms with van der Waals surface area (Å²) in [5.74, 6) is 1.30. The molecule has 0 aliphatic heterocycles. The van der Waals surface area contributed by atoms with Gasteiger partial charge in [-0.2, -0.15) is 0 Å². The van der Waals surface area contributed by atoms with E-state index in [1.165, 1.54) is 11.3 Å². The Hall–Kier alpha value is -3.07. The molecule has 0 fully saturated rings. The highest BCUT2D eigenvalue weighted by Gasteiger charge is 2.24. The Morgan fingerprint density at radius 1 is 1.06 bits per heavy atom. The zero-order valence-electron chi connectivity index (χ0n) is 17.7. The minimum atomic E-state index is -0.304. The number of anilines is 1. The lowest BCUT2D eigenvalue weighted by Gasteiger charge is -2.20. The average Bonchev–Trinajstić information content (AvgIpc) is 3.27. The molecule has 33 heavy (non-hydrogen) atoms. The zero-order valence-corrected chi connectivity index (χ0v) is 20.1. The number of rotatable bonds is 8. The zero-order chi connectivity index (χ0) is 23.4. The van der Waals surface area contributed by atoms with Crippen molar-refractivity contribution in [1.29, 1.82) is 0 Å². The van der Waals surface area contributed by atoms with Crippen LogP contribution in [0.1, 0.15) is 5.56 Å². The number of methoxy groups -OCH3 is 2. The Morgan fingerprint density at radius 2 is 1.82 bits per heavy atom. The largest absolute Gasteiger partial charge is 0.495 e. The van der Waals surface area contributed by atoms with Gasteiger partial charge < -0.3 is 14.2 Å². The van der Waals surface area contributed by atoms with Crippen molar-refractivity contribution in [2.45, 2.75) is 6.54 Å². The molecule has 2 heterocycles. The summed E-state index contributed by atoms with van der Waals surface area (Å²) in [6.07, 6.45) is 3.38. The van der Waals surface area contributed by atoms with Crippen LogP contribution in [0, 0.1) is 0 Å². The summed E-state index contributed by atoms with van der Waals surface area (Å²) in [5.41, 5.74) is 1.45. The van der Waals surface area contributed by atoms with Crippen LogP contribution in [-0.2, 0) is 11.3 Å². The van der Waals surface area contributed by atoms with Gasteiger partial charge in [0.15, 0.2) is 11.7 Å². The van der Waals surface area contributed by atoms with Gasteiger partial charge >= 0.3 is 0 Å². The molecule has 0 aliphatic carbocycles. The van der Waals surface area contributed by atoms with Crippen LogP contribution in [0.3, 0.4) is 0 Å². The summed E-state index contributed by atoms with van der Waals surface area (Å²) in [7, 11) is 3.16. The van der Waals surface area contributed by atoms with Crippen LogP contribution in [0.4, 0.5) is 5.13 Å². The standard InChI is InChI=1S/C23H19Cl2N3O4S/c1-30-18-7-8-19(31-2)22-21(18)27-23(33-22)28(12-14-4-3-9-26-11-14)20(29)13-32-17-6-5-15(24)10-16(17)25/h3-11H,12-13H2,1-2H3. The topological polar surface area (TPSA) is 73.8 Å². The van der Waals surface area contributed by atoms with E-state index in [0.29, 0.717) is 37.9 Å². The van der Waals surface area contributed by atoms with Gasteiger partial charge in [-0.1, -0.05) is 40.6 Å². The normalized spacial score (nSPS) is 10.8. The second kappa shape index (κ2) is 10.2. The molecular formula is C23H19Cl2N3O4S. The Kier molecular flexibility index (Phi) is 7.17. The summed E-state index contributed by atoms with van der Waals surface area (Å²) in [4.78, 5) is 23.7. The maximum absolute atomic E-state index is 13.3. The van der Waals surface area contributed by atoms with Crippen molar-refractivity contribution in [1.82, 2.24) is 9.97 Å². The molecule has 0 aliphatic rings. The van der Waals surface area contributed by atoms with Gasteiger partial charge in [0.25, 0.3) is 5.91 Å². The fourth-order valence-corrected chi connectivity index (χ4v) is 4.69. The van der Waals surface area contributed by atoms with E-state index in [2.05, 4.69) is 4.98 Å². The minimum absolute atomic E-state index is 0.244. The van der Waals surface area contributed by atoms with Gasteiger partial charge in [-0.3, -0.25) is 14.7 Å². The van der Waals surface area contributed by atoms with Crippen LogP contribution < -0.4 is 19.1 Å². The van der Waals surface area contributed by atoms with Crippen LogP contribution in [0.5, 0.6) is 17.2 Å². The van der Waals surface area contributed by atoms with E-state index in [1.54, 1.807) is 55.8 Å². The Labute approximate surface area is 204 Å². The molecule has 0 spiro atoms. The fourth-order valence-electron chi connectivity index (χ4n) is 3.14. The molecule has 1 amide bonds. The van der Waals surface area contributed by atoms with E-state index in [9.17, 15) is 4.79 Å². The van der Waals surface area contributed by atoms with E-state index in [-0.39, 0.29) is 19.1 Å². The smallest absolute Gasteiger partial charge is 0.267 e. The fraction of sp³-hybridized carbons (Fsp3) is 0.174. The van der Waals surface area contributed by atoms with Crippen molar-refractivity contribution in [3.05, 3.63) is 70.5 Å². The molecule has 0 saturated carbocycles. The number of pyridine rings is 1. The molecule has 170 valence electrons. The van der Waals surface area contributed by atoms with Gasteiger partial charge in [0, 0.05) is 17.4 Å². The molecule has 7 nitrogen and oxygen atoms in total. The third kappa shape index (κ3) is 5.13. The van der Waals surface area contributed by atoms with Crippen LogP contribution >= 0.6 is 34.5 Å². The van der Waals surface area contributed by atoms with Gasteiger partial charge in [-0.25, -0.2) is 4.98 Å². The Balaban J connectivity index is 1.68. The third-order valence-corrected chi connectivity index (χ3v) is 6.36. The number of carbonyl (C=O) groups excluding carboxylic acids is 1. The number of fused-ring (bicyclic) bond motifs is 1. The predicted molar refractivity (Wildman–Crippen MR) is 130 cm³/mol. The predicted octanol–water partition coefficient (Wildman–Crippen LogP) is 5.63. The first-order chi connectivity index (χ1) is 16.0. The monoisotopic (exact) mass is 503 g/mol. The number of benzene rings is 2. The van der Waals surface area contributed by atoms with Crippen LogP contribution in [0.2, 0.25) is 10.0 Å². The van der Waals surface area contributed by atoms with Gasteiger partial charge in [-0.15, -0.1) is 0 Å². The highest BCUT2D eigenvalue weighted by atomic mass is 35.5. The number of ether oxygens (including phenoxy) is 3. The molecule has 2 aromatic carbocycles.